The summed E-state index contributed by atoms with van der Waals surface area (Å²) in [6, 6.07) is 9.11. The molecule has 4 heteroatoms. The maximum Gasteiger partial charge on any atom is 0.252 e. The third kappa shape index (κ3) is 2.75. The number of nitrogens with one attached hydrogen (secondary N) is 1. The van der Waals surface area contributed by atoms with Gasteiger partial charge >= 0.3 is 0 Å². The van der Waals surface area contributed by atoms with Crippen LogP contribution in [0.4, 0.5) is 0 Å². The summed E-state index contributed by atoms with van der Waals surface area (Å²) in [5, 5.41) is 5.20. The van der Waals surface area contributed by atoms with E-state index in [9.17, 15) is 4.79 Å². The number of carbonyl (C=O) groups is 1. The molecule has 0 bridgehead atoms. The molecule has 1 aliphatic rings. The first-order chi connectivity index (χ1) is 7.81. The van der Waals surface area contributed by atoms with Crippen LogP contribution < -0.4 is 5.32 Å². The zero-order valence-electron chi connectivity index (χ0n) is 8.72. The summed E-state index contributed by atoms with van der Waals surface area (Å²) in [5.74, 6) is 0.328. The lowest BCUT2D eigenvalue weighted by molar-refractivity contribution is 0.0934. The zero-order chi connectivity index (χ0) is 11.4. The molecule has 1 fully saturated rings. The lowest BCUT2D eigenvalue weighted by atomic mass is 10.2. The molecule has 1 N–H and O–H groups in total. The lowest BCUT2D eigenvalue weighted by Gasteiger charge is -2.11. The third-order valence-electron chi connectivity index (χ3n) is 2.58. The molecule has 1 unspecified atom stereocenters. The van der Waals surface area contributed by atoms with Crippen molar-refractivity contribution in [1.82, 2.24) is 5.32 Å². The van der Waals surface area contributed by atoms with Crippen LogP contribution in [-0.4, -0.2) is 17.2 Å². The van der Waals surface area contributed by atoms with Crippen LogP contribution in [0.15, 0.2) is 35.3 Å². The average Bonchev–Trinajstić information content (AvgIpc) is 3.13. The van der Waals surface area contributed by atoms with Crippen molar-refractivity contribution in [3.05, 3.63) is 35.9 Å². The minimum absolute atomic E-state index is 0.105. The number of carbonyl (C=O) groups excluding carboxylic acids is 1. The maximum atomic E-state index is 11.8. The van der Waals surface area contributed by atoms with Gasteiger partial charge in [0.05, 0.1) is 5.16 Å². The molecule has 0 spiro atoms. The monoisotopic (exact) mass is 232 g/mol. The summed E-state index contributed by atoms with van der Waals surface area (Å²) in [4.78, 5) is 15.8. The lowest BCUT2D eigenvalue weighted by Crippen LogP contribution is -2.34. The Bertz CT molecular complexity index is 422. The second-order valence-corrected chi connectivity index (χ2v) is 4.02. The Labute approximate surface area is 99.6 Å². The first kappa shape index (κ1) is 11.0. The highest BCUT2D eigenvalue weighted by molar-refractivity contribution is 7.78. The van der Waals surface area contributed by atoms with E-state index in [-0.39, 0.29) is 12.1 Å². The van der Waals surface area contributed by atoms with Gasteiger partial charge in [-0.3, -0.25) is 4.79 Å². The molecule has 0 aromatic heterocycles. The summed E-state index contributed by atoms with van der Waals surface area (Å²) in [7, 11) is 0. The second-order valence-electron chi connectivity index (χ2n) is 3.84. The smallest absolute Gasteiger partial charge is 0.252 e. The summed E-state index contributed by atoms with van der Waals surface area (Å²) in [5.41, 5.74) is 0.646. The van der Waals surface area contributed by atoms with Crippen LogP contribution in [0.25, 0.3) is 0 Å². The molecule has 2 rings (SSSR count). The molecule has 82 valence electrons. The van der Waals surface area contributed by atoms with Crippen molar-refractivity contribution >= 4 is 23.3 Å². The van der Waals surface area contributed by atoms with Gasteiger partial charge in [-0.1, -0.05) is 18.2 Å². The normalized spacial score (nSPS) is 16.0. The molecule has 1 aromatic rings. The minimum Gasteiger partial charge on any atom is -0.329 e. The van der Waals surface area contributed by atoms with Crippen molar-refractivity contribution in [3.8, 4) is 0 Å². The molecule has 1 amide bonds. The van der Waals surface area contributed by atoms with E-state index in [1.54, 1.807) is 12.1 Å². The Kier molecular flexibility index (Phi) is 3.44. The summed E-state index contributed by atoms with van der Waals surface area (Å²) < 4.78 is 0. The molecular weight excluding hydrogens is 220 g/mol. The van der Waals surface area contributed by atoms with Crippen molar-refractivity contribution in [2.24, 2.45) is 10.9 Å². The highest BCUT2D eigenvalue weighted by Gasteiger charge is 2.32. The largest absolute Gasteiger partial charge is 0.329 e. The highest BCUT2D eigenvalue weighted by atomic mass is 32.1. The van der Waals surface area contributed by atoms with Crippen LogP contribution in [-0.2, 0) is 0 Å². The predicted octanol–water partition coefficient (Wildman–Crippen LogP) is 2.26. The topological polar surface area (TPSA) is 41.5 Å². The standard InChI is InChI=1S/C12H12N2OS/c15-12(10-4-2-1-3-5-10)14-11(13-8-16)9-6-7-9/h1-5,9,11H,6-7H2,(H,14,15). The molecule has 0 aliphatic heterocycles. The van der Waals surface area contributed by atoms with E-state index >= 15 is 0 Å². The fourth-order valence-corrected chi connectivity index (χ4v) is 1.65. The molecule has 1 saturated carbocycles. The van der Waals surface area contributed by atoms with Crippen LogP contribution in [0.5, 0.6) is 0 Å². The molecule has 1 aromatic carbocycles. The number of benzene rings is 1. The van der Waals surface area contributed by atoms with Crippen molar-refractivity contribution < 1.29 is 4.79 Å². The SMILES string of the molecule is O=C(NC(N=C=S)C1CC1)c1ccccc1. The Hall–Kier alpha value is -1.51. The first-order valence-corrected chi connectivity index (χ1v) is 5.65. The van der Waals surface area contributed by atoms with Gasteiger partial charge in [0.25, 0.3) is 5.91 Å². The fraction of sp³-hybridized carbons (Fsp3) is 0.333. The number of amides is 1. The zero-order valence-corrected chi connectivity index (χ0v) is 9.54. The van der Waals surface area contributed by atoms with Gasteiger partial charge in [-0.2, -0.15) is 0 Å². The van der Waals surface area contributed by atoms with E-state index in [1.165, 1.54) is 0 Å². The van der Waals surface area contributed by atoms with Crippen molar-refractivity contribution in [1.29, 1.82) is 0 Å². The number of thiocarbonyl (C=S) groups is 1. The summed E-state index contributed by atoms with van der Waals surface area (Å²) in [6.07, 6.45) is 1.99. The Balaban J connectivity index is 2.03. The van der Waals surface area contributed by atoms with Crippen molar-refractivity contribution in [2.75, 3.05) is 0 Å². The quantitative estimate of drug-likeness (QED) is 0.639. The van der Waals surface area contributed by atoms with Gasteiger partial charge in [0.15, 0.2) is 0 Å². The van der Waals surface area contributed by atoms with Gasteiger partial charge in [0.2, 0.25) is 0 Å². The Morgan fingerprint density at radius 3 is 2.69 bits per heavy atom. The molecule has 0 radical (unpaired) electrons. The summed E-state index contributed by atoms with van der Waals surface area (Å²) in [6.45, 7) is 0. The van der Waals surface area contributed by atoms with Crippen LogP contribution in [0.3, 0.4) is 0 Å². The van der Waals surface area contributed by atoms with Gasteiger partial charge in [-0.05, 0) is 37.2 Å². The first-order valence-electron chi connectivity index (χ1n) is 5.24. The van der Waals surface area contributed by atoms with Gasteiger partial charge < -0.3 is 5.32 Å². The van der Waals surface area contributed by atoms with Crippen molar-refractivity contribution in [3.63, 3.8) is 0 Å². The predicted molar refractivity (Wildman–Crippen MR) is 65.4 cm³/mol. The number of nitrogens with zero attached hydrogens (tertiary/aromatic N) is 1. The second kappa shape index (κ2) is 5.01. The van der Waals surface area contributed by atoms with Crippen LogP contribution in [0.2, 0.25) is 0 Å². The van der Waals surface area contributed by atoms with Gasteiger partial charge in [0.1, 0.15) is 6.17 Å². The number of hydrogen-bond donors (Lipinski definition) is 1. The highest BCUT2D eigenvalue weighted by Crippen LogP contribution is 2.33. The van der Waals surface area contributed by atoms with E-state index in [4.69, 9.17) is 0 Å². The van der Waals surface area contributed by atoms with Gasteiger partial charge in [-0.15, -0.1) is 0 Å². The van der Waals surface area contributed by atoms with Crippen LogP contribution in [0.1, 0.15) is 23.2 Å². The van der Waals surface area contributed by atoms with E-state index in [2.05, 4.69) is 27.7 Å². The molecule has 3 nitrogen and oxygen atoms in total. The van der Waals surface area contributed by atoms with E-state index in [0.29, 0.717) is 11.5 Å². The molecule has 1 atom stereocenters. The van der Waals surface area contributed by atoms with Crippen LogP contribution >= 0.6 is 12.2 Å². The number of rotatable bonds is 4. The average molecular weight is 232 g/mol. The van der Waals surface area contributed by atoms with Gasteiger partial charge in [-0.25, -0.2) is 4.99 Å². The molecule has 16 heavy (non-hydrogen) atoms. The molecule has 1 aliphatic carbocycles. The summed E-state index contributed by atoms with van der Waals surface area (Å²) >= 11 is 4.58. The van der Waals surface area contributed by atoms with E-state index in [0.717, 1.165) is 12.8 Å². The Morgan fingerprint density at radius 1 is 1.44 bits per heavy atom. The van der Waals surface area contributed by atoms with Gasteiger partial charge in [0, 0.05) is 11.5 Å². The van der Waals surface area contributed by atoms with E-state index < -0.39 is 0 Å². The third-order valence-corrected chi connectivity index (χ3v) is 2.68. The maximum absolute atomic E-state index is 11.8. The van der Waals surface area contributed by atoms with E-state index in [1.807, 2.05) is 18.2 Å². The van der Waals surface area contributed by atoms with Crippen LogP contribution in [0, 0.1) is 5.92 Å². The Morgan fingerprint density at radius 2 is 2.12 bits per heavy atom. The number of isothiocyanates is 1. The number of hydrogen-bond acceptors (Lipinski definition) is 3. The molecular formula is C12H12N2OS. The fourth-order valence-electron chi connectivity index (χ4n) is 1.53. The van der Waals surface area contributed by atoms with Crippen molar-refractivity contribution in [2.45, 2.75) is 19.0 Å². The number of aliphatic imine (C=N–C) groups is 1. The minimum atomic E-state index is -0.204. The molecule has 0 saturated heterocycles. The molecule has 0 heterocycles.